The van der Waals surface area contributed by atoms with Crippen molar-refractivity contribution in [2.45, 2.75) is 38.5 Å². The second kappa shape index (κ2) is 8.36. The number of Topliss-reactive ketones (excluding diaryl/α,β-unsaturated/α-hetero) is 1. The summed E-state index contributed by atoms with van der Waals surface area (Å²) in [6, 6.07) is 5.30. The Morgan fingerprint density at radius 1 is 1.11 bits per heavy atom. The Kier molecular flexibility index (Phi) is 6.64. The highest BCUT2D eigenvalue weighted by Crippen LogP contribution is 2.08. The van der Waals surface area contributed by atoms with Gasteiger partial charge in [-0.15, -0.1) is 0 Å². The third kappa shape index (κ3) is 5.54. The molecule has 0 aliphatic rings. The molecule has 0 aliphatic heterocycles. The van der Waals surface area contributed by atoms with Crippen molar-refractivity contribution in [3.63, 3.8) is 0 Å². The first-order chi connectivity index (χ1) is 8.74. The van der Waals surface area contributed by atoms with E-state index in [-0.39, 0.29) is 11.7 Å². The molecule has 0 spiro atoms. The zero-order valence-corrected chi connectivity index (χ0v) is 10.3. The molecule has 5 nitrogen and oxygen atoms in total. The van der Waals surface area contributed by atoms with Crippen molar-refractivity contribution in [1.29, 1.82) is 0 Å². The predicted octanol–water partition coefficient (Wildman–Crippen LogP) is 2.11. The summed E-state index contributed by atoms with van der Waals surface area (Å²) in [5, 5.41) is 8.29. The van der Waals surface area contributed by atoms with Crippen molar-refractivity contribution in [2.75, 3.05) is 0 Å². The number of hydrogen-bond acceptors (Lipinski definition) is 4. The number of carbonyl (C=O) groups excluding carboxylic acids is 2. The van der Waals surface area contributed by atoms with Crippen LogP contribution in [0, 0.1) is 0 Å². The zero-order chi connectivity index (χ0) is 13.2. The number of carbonyl (C=O) groups is 2. The molecule has 0 fully saturated rings. The summed E-state index contributed by atoms with van der Waals surface area (Å²) < 4.78 is 0. The van der Waals surface area contributed by atoms with Crippen LogP contribution in [0.1, 0.15) is 49.0 Å². The van der Waals surface area contributed by atoms with E-state index < -0.39 is 0 Å². The Hall–Kier alpha value is -1.75. The molecule has 0 aliphatic carbocycles. The maximum atomic E-state index is 11.7. The van der Waals surface area contributed by atoms with E-state index in [1.165, 1.54) is 0 Å². The van der Waals surface area contributed by atoms with Crippen molar-refractivity contribution in [2.24, 2.45) is 0 Å². The molecule has 98 valence electrons. The van der Waals surface area contributed by atoms with Crippen LogP contribution in [-0.2, 0) is 4.79 Å². The molecule has 1 aromatic rings. The quantitative estimate of drug-likeness (QED) is 0.320. The van der Waals surface area contributed by atoms with E-state index in [0.29, 0.717) is 18.5 Å². The lowest BCUT2D eigenvalue weighted by Crippen LogP contribution is -2.17. The molecule has 0 atom stereocenters. The normalized spacial score (nSPS) is 10.1. The van der Waals surface area contributed by atoms with Gasteiger partial charge in [0, 0.05) is 19.0 Å². The summed E-state index contributed by atoms with van der Waals surface area (Å²) in [5.41, 5.74) is 2.11. The summed E-state index contributed by atoms with van der Waals surface area (Å²) in [4.78, 5) is 26.4. The van der Waals surface area contributed by atoms with E-state index >= 15 is 0 Å². The molecule has 0 radical (unpaired) electrons. The Morgan fingerprint density at radius 3 is 2.44 bits per heavy atom. The fourth-order valence-corrected chi connectivity index (χ4v) is 1.64. The van der Waals surface area contributed by atoms with Gasteiger partial charge in [-0.05, 0) is 25.0 Å². The summed E-state index contributed by atoms with van der Waals surface area (Å²) in [7, 11) is 0. The number of amides is 1. The first-order valence-corrected chi connectivity index (χ1v) is 6.11. The maximum Gasteiger partial charge on any atom is 0.243 e. The van der Waals surface area contributed by atoms with Gasteiger partial charge in [0.2, 0.25) is 5.91 Å². The van der Waals surface area contributed by atoms with E-state index in [1.807, 2.05) is 0 Å². The van der Waals surface area contributed by atoms with Gasteiger partial charge in [0.15, 0.2) is 5.78 Å². The van der Waals surface area contributed by atoms with Crippen molar-refractivity contribution >= 4 is 11.7 Å². The molecule has 1 amide bonds. The molecular formula is C13H18N2O3. The third-order valence-electron chi connectivity index (χ3n) is 2.63. The molecule has 0 bridgehead atoms. The lowest BCUT2D eigenvalue weighted by Gasteiger charge is -2.01. The highest BCUT2D eigenvalue weighted by atomic mass is 16.5. The second-order valence-corrected chi connectivity index (χ2v) is 4.09. The van der Waals surface area contributed by atoms with Crippen LogP contribution in [0.5, 0.6) is 0 Å². The topological polar surface area (TPSA) is 79.3 Å². The lowest BCUT2D eigenvalue weighted by molar-refractivity contribution is -0.129. The fourth-order valence-electron chi connectivity index (χ4n) is 1.64. The number of hydroxylamine groups is 1. The largest absolute Gasteiger partial charge is 0.292 e. The number of hydrogen-bond donors (Lipinski definition) is 2. The van der Waals surface area contributed by atoms with Crippen LogP contribution in [0.4, 0.5) is 0 Å². The van der Waals surface area contributed by atoms with Crippen LogP contribution in [0.3, 0.4) is 0 Å². The Labute approximate surface area is 106 Å². The number of nitrogens with one attached hydrogen (secondary N) is 1. The van der Waals surface area contributed by atoms with Gasteiger partial charge in [-0.25, -0.2) is 5.48 Å². The monoisotopic (exact) mass is 250 g/mol. The minimum atomic E-state index is -0.362. The van der Waals surface area contributed by atoms with E-state index in [9.17, 15) is 9.59 Å². The van der Waals surface area contributed by atoms with Crippen LogP contribution < -0.4 is 5.48 Å². The summed E-state index contributed by atoms with van der Waals surface area (Å²) in [5.74, 6) is -0.303. The van der Waals surface area contributed by atoms with Crippen LogP contribution in [-0.4, -0.2) is 21.9 Å². The van der Waals surface area contributed by atoms with Gasteiger partial charge in [0.05, 0.1) is 0 Å². The van der Waals surface area contributed by atoms with Crippen LogP contribution in [0.15, 0.2) is 24.4 Å². The SMILES string of the molecule is O=C(CCCCCCC(=O)c1ccccn1)NO. The van der Waals surface area contributed by atoms with Crippen molar-refractivity contribution in [3.05, 3.63) is 30.1 Å². The van der Waals surface area contributed by atoms with Gasteiger partial charge in [-0.2, -0.15) is 0 Å². The van der Waals surface area contributed by atoms with Gasteiger partial charge < -0.3 is 0 Å². The molecule has 2 N–H and O–H groups in total. The van der Waals surface area contributed by atoms with Crippen molar-refractivity contribution in [3.8, 4) is 0 Å². The van der Waals surface area contributed by atoms with Gasteiger partial charge in [-0.1, -0.05) is 18.9 Å². The summed E-state index contributed by atoms with van der Waals surface area (Å²) >= 11 is 0. The summed E-state index contributed by atoms with van der Waals surface area (Å²) in [6.07, 6.45) is 5.73. The molecule has 1 aromatic heterocycles. The molecule has 5 heteroatoms. The average molecular weight is 250 g/mol. The third-order valence-corrected chi connectivity index (χ3v) is 2.63. The number of nitrogens with zero attached hydrogens (tertiary/aromatic N) is 1. The Morgan fingerprint density at radius 2 is 1.83 bits per heavy atom. The van der Waals surface area contributed by atoms with Gasteiger partial charge in [-0.3, -0.25) is 19.8 Å². The Balaban J connectivity index is 2.08. The number of pyridine rings is 1. The smallest absolute Gasteiger partial charge is 0.243 e. The molecule has 0 aromatic carbocycles. The van der Waals surface area contributed by atoms with Gasteiger partial charge >= 0.3 is 0 Å². The predicted molar refractivity (Wildman–Crippen MR) is 66.2 cm³/mol. The second-order valence-electron chi connectivity index (χ2n) is 4.09. The maximum absolute atomic E-state index is 11.7. The van der Waals surface area contributed by atoms with E-state index in [4.69, 9.17) is 5.21 Å². The lowest BCUT2D eigenvalue weighted by atomic mass is 10.1. The minimum absolute atomic E-state index is 0.0590. The molecule has 1 heterocycles. The van der Waals surface area contributed by atoms with E-state index in [0.717, 1.165) is 25.7 Å². The fraction of sp³-hybridized carbons (Fsp3) is 0.462. The molecule has 0 unspecified atom stereocenters. The van der Waals surface area contributed by atoms with Crippen LogP contribution in [0.2, 0.25) is 0 Å². The molecule has 0 saturated heterocycles. The van der Waals surface area contributed by atoms with Gasteiger partial charge in [0.25, 0.3) is 0 Å². The number of unbranched alkanes of at least 4 members (excludes halogenated alkanes) is 3. The van der Waals surface area contributed by atoms with Crippen LogP contribution >= 0.6 is 0 Å². The molecular weight excluding hydrogens is 232 g/mol. The first kappa shape index (κ1) is 14.3. The summed E-state index contributed by atoms with van der Waals surface area (Å²) in [6.45, 7) is 0. The minimum Gasteiger partial charge on any atom is -0.292 e. The average Bonchev–Trinajstić information content (AvgIpc) is 2.43. The highest BCUT2D eigenvalue weighted by molar-refractivity contribution is 5.94. The number of ketones is 1. The van der Waals surface area contributed by atoms with Crippen molar-refractivity contribution < 1.29 is 14.8 Å². The van der Waals surface area contributed by atoms with E-state index in [2.05, 4.69) is 4.98 Å². The Bertz CT molecular complexity index is 379. The van der Waals surface area contributed by atoms with Crippen molar-refractivity contribution in [1.82, 2.24) is 10.5 Å². The highest BCUT2D eigenvalue weighted by Gasteiger charge is 2.05. The zero-order valence-electron chi connectivity index (χ0n) is 10.3. The number of aromatic nitrogens is 1. The molecule has 18 heavy (non-hydrogen) atoms. The first-order valence-electron chi connectivity index (χ1n) is 6.11. The van der Waals surface area contributed by atoms with Gasteiger partial charge in [0.1, 0.15) is 5.69 Å². The molecule has 1 rings (SSSR count). The van der Waals surface area contributed by atoms with Crippen LogP contribution in [0.25, 0.3) is 0 Å². The molecule has 0 saturated carbocycles. The number of rotatable bonds is 8. The standard InChI is InChI=1S/C13H18N2O3/c16-12(11-7-5-6-10-14-11)8-3-1-2-4-9-13(17)15-18/h5-7,10,18H,1-4,8-9H2,(H,15,17). The van der Waals surface area contributed by atoms with E-state index in [1.54, 1.807) is 29.9 Å².